The summed E-state index contributed by atoms with van der Waals surface area (Å²) in [5.41, 5.74) is 2.52. The van der Waals surface area contributed by atoms with E-state index in [9.17, 15) is 15.0 Å². The first-order chi connectivity index (χ1) is 13.0. The predicted molar refractivity (Wildman–Crippen MR) is 111 cm³/mol. The van der Waals surface area contributed by atoms with Crippen LogP contribution in [-0.4, -0.2) is 34.4 Å². The zero-order valence-electron chi connectivity index (χ0n) is 15.1. The number of carbonyl (C=O) groups is 1. The summed E-state index contributed by atoms with van der Waals surface area (Å²) in [5.74, 6) is -0.669. The Morgan fingerprint density at radius 3 is 2.41 bits per heavy atom. The van der Waals surface area contributed by atoms with Crippen LogP contribution in [0.2, 0.25) is 0 Å². The Bertz CT molecular complexity index is 903. The highest BCUT2D eigenvalue weighted by Crippen LogP contribution is 2.31. The van der Waals surface area contributed by atoms with E-state index in [1.54, 1.807) is 12.1 Å². The van der Waals surface area contributed by atoms with Gasteiger partial charge in [0.25, 0.3) is 5.91 Å². The fourth-order valence-electron chi connectivity index (χ4n) is 2.71. The number of nitrogens with zero attached hydrogens (tertiary/aromatic N) is 2. The van der Waals surface area contributed by atoms with Crippen LogP contribution in [0.15, 0.2) is 52.4 Å². The van der Waals surface area contributed by atoms with Crippen LogP contribution in [-0.2, 0) is 4.79 Å². The Labute approximate surface area is 162 Å². The van der Waals surface area contributed by atoms with Crippen molar-refractivity contribution in [1.29, 1.82) is 0 Å². The third-order valence-electron chi connectivity index (χ3n) is 4.16. The van der Waals surface area contributed by atoms with Gasteiger partial charge in [0.2, 0.25) is 0 Å². The van der Waals surface area contributed by atoms with Crippen molar-refractivity contribution >= 4 is 40.3 Å². The number of amidine groups is 1. The van der Waals surface area contributed by atoms with Gasteiger partial charge in [0.05, 0.1) is 10.6 Å². The number of hydrogen-bond acceptors (Lipinski definition) is 6. The Morgan fingerprint density at radius 2 is 1.78 bits per heavy atom. The number of carbonyl (C=O) groups excluding carboxylic acids is 1. The summed E-state index contributed by atoms with van der Waals surface area (Å²) in [7, 11) is 0. The number of rotatable bonds is 5. The third kappa shape index (κ3) is 4.43. The average molecular weight is 383 g/mol. The summed E-state index contributed by atoms with van der Waals surface area (Å²) >= 11 is 1.23. The van der Waals surface area contributed by atoms with Crippen molar-refractivity contribution < 1.29 is 15.0 Å². The molecule has 3 rings (SSSR count). The number of phenolic OH excluding ortho intramolecular Hbond substituents is 2. The van der Waals surface area contributed by atoms with Crippen LogP contribution < -0.4 is 10.2 Å². The summed E-state index contributed by atoms with van der Waals surface area (Å²) in [5, 5.41) is 22.2. The molecule has 0 spiro atoms. The normalized spacial score (nSPS) is 16.7. The standard InChI is InChI=1S/C20H21N3O3S/c1-3-23(4-2)15-8-6-14(7-9-15)21-20-22-19(26)18(27-20)12-13-5-10-16(24)17(25)11-13/h5-12,24-25H,3-4H2,1-2H3,(H,21,22,26)/b18-12-. The largest absolute Gasteiger partial charge is 0.504 e. The molecule has 140 valence electrons. The molecule has 0 atom stereocenters. The second-order valence-corrected chi connectivity index (χ2v) is 6.95. The zero-order valence-corrected chi connectivity index (χ0v) is 16.0. The molecule has 1 amide bonds. The average Bonchev–Trinajstić information content (AvgIpc) is 2.99. The molecule has 1 saturated heterocycles. The fraction of sp³-hybridized carbons (Fsp3) is 0.200. The molecule has 1 aliphatic heterocycles. The van der Waals surface area contributed by atoms with Crippen LogP contribution in [0.25, 0.3) is 6.08 Å². The lowest BCUT2D eigenvalue weighted by Gasteiger charge is -2.20. The van der Waals surface area contributed by atoms with Gasteiger partial charge in [0.15, 0.2) is 16.7 Å². The van der Waals surface area contributed by atoms with E-state index < -0.39 is 0 Å². The van der Waals surface area contributed by atoms with Gasteiger partial charge in [-0.1, -0.05) is 6.07 Å². The number of aliphatic imine (C=N–C) groups is 1. The number of thioether (sulfide) groups is 1. The number of benzene rings is 2. The first-order valence-corrected chi connectivity index (χ1v) is 9.48. The lowest BCUT2D eigenvalue weighted by molar-refractivity contribution is -0.115. The predicted octanol–water partition coefficient (Wildman–Crippen LogP) is 3.84. The van der Waals surface area contributed by atoms with Crippen LogP contribution in [0.4, 0.5) is 11.4 Å². The number of amides is 1. The highest BCUT2D eigenvalue weighted by atomic mass is 32.2. The molecule has 27 heavy (non-hydrogen) atoms. The maximum Gasteiger partial charge on any atom is 0.264 e. The van der Waals surface area contributed by atoms with Crippen molar-refractivity contribution in [3.05, 3.63) is 52.9 Å². The summed E-state index contributed by atoms with van der Waals surface area (Å²) < 4.78 is 0. The molecule has 6 nitrogen and oxygen atoms in total. The monoisotopic (exact) mass is 383 g/mol. The van der Waals surface area contributed by atoms with E-state index in [2.05, 4.69) is 29.1 Å². The molecule has 1 fully saturated rings. The Morgan fingerprint density at radius 1 is 1.07 bits per heavy atom. The van der Waals surface area contributed by atoms with Crippen molar-refractivity contribution in [2.75, 3.05) is 18.0 Å². The van der Waals surface area contributed by atoms with E-state index in [1.165, 1.54) is 23.9 Å². The van der Waals surface area contributed by atoms with Gasteiger partial charge in [-0.05, 0) is 73.6 Å². The SMILES string of the molecule is CCN(CC)c1ccc(N=C2NC(=O)/C(=C/c3ccc(O)c(O)c3)S2)cc1. The van der Waals surface area contributed by atoms with Crippen LogP contribution >= 0.6 is 11.8 Å². The molecule has 1 heterocycles. The van der Waals surface area contributed by atoms with E-state index in [-0.39, 0.29) is 17.4 Å². The highest BCUT2D eigenvalue weighted by molar-refractivity contribution is 8.18. The summed E-state index contributed by atoms with van der Waals surface area (Å²) in [4.78, 5) is 19.4. The van der Waals surface area contributed by atoms with Gasteiger partial charge in [0.1, 0.15) is 0 Å². The second-order valence-electron chi connectivity index (χ2n) is 5.92. The topological polar surface area (TPSA) is 85.2 Å². The van der Waals surface area contributed by atoms with E-state index >= 15 is 0 Å². The number of hydrogen-bond donors (Lipinski definition) is 3. The van der Waals surface area contributed by atoms with Crippen LogP contribution in [0.5, 0.6) is 11.5 Å². The minimum Gasteiger partial charge on any atom is -0.504 e. The number of anilines is 1. The lowest BCUT2D eigenvalue weighted by atomic mass is 10.2. The fourth-order valence-corrected chi connectivity index (χ4v) is 3.55. The first kappa shape index (κ1) is 18.8. The van der Waals surface area contributed by atoms with Crippen molar-refractivity contribution in [2.45, 2.75) is 13.8 Å². The molecular weight excluding hydrogens is 362 g/mol. The van der Waals surface area contributed by atoms with Gasteiger partial charge < -0.3 is 20.4 Å². The van der Waals surface area contributed by atoms with Crippen molar-refractivity contribution in [2.24, 2.45) is 4.99 Å². The maximum absolute atomic E-state index is 12.2. The summed E-state index contributed by atoms with van der Waals surface area (Å²) in [6.07, 6.45) is 1.64. The van der Waals surface area contributed by atoms with Gasteiger partial charge in [0, 0.05) is 18.8 Å². The molecule has 2 aromatic rings. The minimum atomic E-state index is -0.244. The number of aromatic hydroxyl groups is 2. The van der Waals surface area contributed by atoms with Crippen molar-refractivity contribution in [3.8, 4) is 11.5 Å². The molecule has 0 unspecified atom stereocenters. The molecule has 0 aromatic heterocycles. The lowest BCUT2D eigenvalue weighted by Crippen LogP contribution is -2.21. The molecule has 0 saturated carbocycles. The van der Waals surface area contributed by atoms with E-state index in [0.29, 0.717) is 15.6 Å². The van der Waals surface area contributed by atoms with E-state index in [0.717, 1.165) is 24.5 Å². The van der Waals surface area contributed by atoms with Crippen molar-refractivity contribution in [1.82, 2.24) is 5.32 Å². The molecule has 0 bridgehead atoms. The first-order valence-electron chi connectivity index (χ1n) is 8.66. The van der Waals surface area contributed by atoms with Crippen LogP contribution in [0, 0.1) is 0 Å². The highest BCUT2D eigenvalue weighted by Gasteiger charge is 2.23. The maximum atomic E-state index is 12.2. The number of phenols is 2. The Kier molecular flexibility index (Phi) is 5.71. The summed E-state index contributed by atoms with van der Waals surface area (Å²) in [6.45, 7) is 6.11. The second kappa shape index (κ2) is 8.18. The zero-order chi connectivity index (χ0) is 19.4. The van der Waals surface area contributed by atoms with Gasteiger partial charge in [-0.15, -0.1) is 0 Å². The van der Waals surface area contributed by atoms with Gasteiger partial charge in [-0.3, -0.25) is 4.79 Å². The molecule has 1 aliphatic rings. The third-order valence-corrected chi connectivity index (χ3v) is 5.07. The number of nitrogens with one attached hydrogen (secondary N) is 1. The minimum absolute atomic E-state index is 0.198. The molecule has 7 heteroatoms. The van der Waals surface area contributed by atoms with Gasteiger partial charge in [-0.2, -0.15) is 0 Å². The van der Waals surface area contributed by atoms with Crippen molar-refractivity contribution in [3.63, 3.8) is 0 Å². The molecule has 3 N–H and O–H groups in total. The molecular formula is C20H21N3O3S. The van der Waals surface area contributed by atoms with Gasteiger partial charge >= 0.3 is 0 Å². The smallest absolute Gasteiger partial charge is 0.264 e. The van der Waals surface area contributed by atoms with Crippen LogP contribution in [0.3, 0.4) is 0 Å². The molecule has 0 aliphatic carbocycles. The molecule has 0 radical (unpaired) electrons. The van der Waals surface area contributed by atoms with Crippen LogP contribution in [0.1, 0.15) is 19.4 Å². The van der Waals surface area contributed by atoms with E-state index in [4.69, 9.17) is 0 Å². The summed E-state index contributed by atoms with van der Waals surface area (Å²) in [6, 6.07) is 12.3. The molecule has 2 aromatic carbocycles. The Balaban J connectivity index is 1.76. The Hall–Kier alpha value is -2.93. The van der Waals surface area contributed by atoms with Gasteiger partial charge in [-0.25, -0.2) is 4.99 Å². The quantitative estimate of drug-likeness (QED) is 0.540. The van der Waals surface area contributed by atoms with E-state index in [1.807, 2.05) is 24.3 Å².